The summed E-state index contributed by atoms with van der Waals surface area (Å²) < 4.78 is 11.1. The van der Waals surface area contributed by atoms with Crippen molar-refractivity contribution in [2.45, 2.75) is 31.8 Å². The molecule has 1 aliphatic rings. The minimum Gasteiger partial charge on any atom is -0.444 e. The van der Waals surface area contributed by atoms with Crippen molar-refractivity contribution in [2.24, 2.45) is 0 Å². The SMILES string of the molecule is CC1(CNC(=O)c2cccc(-c3cnco3)c2)CCCCO1. The van der Waals surface area contributed by atoms with E-state index in [1.54, 1.807) is 18.3 Å². The lowest BCUT2D eigenvalue weighted by atomic mass is 9.96. The van der Waals surface area contributed by atoms with Gasteiger partial charge in [0.1, 0.15) is 0 Å². The molecule has 3 rings (SSSR count). The third-order valence-corrected chi connectivity index (χ3v) is 4.01. The van der Waals surface area contributed by atoms with E-state index >= 15 is 0 Å². The van der Waals surface area contributed by atoms with Crippen LogP contribution in [0.25, 0.3) is 11.3 Å². The fourth-order valence-electron chi connectivity index (χ4n) is 2.67. The van der Waals surface area contributed by atoms with Crippen molar-refractivity contribution in [3.63, 3.8) is 0 Å². The number of carbonyl (C=O) groups excluding carboxylic acids is 1. The summed E-state index contributed by atoms with van der Waals surface area (Å²) in [5.41, 5.74) is 1.19. The Labute approximate surface area is 129 Å². The quantitative estimate of drug-likeness (QED) is 0.942. The maximum absolute atomic E-state index is 12.3. The van der Waals surface area contributed by atoms with Crippen LogP contribution in [0.4, 0.5) is 0 Å². The molecule has 0 saturated carbocycles. The molecule has 1 saturated heterocycles. The first-order valence-electron chi connectivity index (χ1n) is 7.57. The topological polar surface area (TPSA) is 64.4 Å². The van der Waals surface area contributed by atoms with Crippen LogP contribution in [0.1, 0.15) is 36.5 Å². The van der Waals surface area contributed by atoms with Gasteiger partial charge in [0.05, 0.1) is 11.8 Å². The monoisotopic (exact) mass is 300 g/mol. The van der Waals surface area contributed by atoms with Crippen molar-refractivity contribution in [1.82, 2.24) is 10.3 Å². The highest BCUT2D eigenvalue weighted by Gasteiger charge is 2.28. The van der Waals surface area contributed by atoms with Crippen molar-refractivity contribution < 1.29 is 13.9 Å². The molecule has 1 N–H and O–H groups in total. The van der Waals surface area contributed by atoms with E-state index in [2.05, 4.69) is 17.2 Å². The van der Waals surface area contributed by atoms with Gasteiger partial charge in [-0.15, -0.1) is 0 Å². The zero-order valence-corrected chi connectivity index (χ0v) is 12.7. The Bertz CT molecular complexity index is 631. The van der Waals surface area contributed by atoms with E-state index in [0.29, 0.717) is 17.9 Å². The van der Waals surface area contributed by atoms with Crippen molar-refractivity contribution in [1.29, 1.82) is 0 Å². The van der Waals surface area contributed by atoms with E-state index < -0.39 is 0 Å². The van der Waals surface area contributed by atoms with E-state index in [-0.39, 0.29) is 11.5 Å². The van der Waals surface area contributed by atoms with Crippen molar-refractivity contribution in [2.75, 3.05) is 13.2 Å². The number of carbonyl (C=O) groups is 1. The number of nitrogens with one attached hydrogen (secondary N) is 1. The molecule has 0 aliphatic carbocycles. The second-order valence-electron chi connectivity index (χ2n) is 5.88. The van der Waals surface area contributed by atoms with Crippen LogP contribution in [0.5, 0.6) is 0 Å². The standard InChI is InChI=1S/C17H20N2O3/c1-17(7-2-3-8-22-17)11-19-16(20)14-6-4-5-13(9-14)15-10-18-12-21-15/h4-6,9-10,12H,2-3,7-8,11H2,1H3,(H,19,20). The Balaban J connectivity index is 1.66. The molecule has 5 nitrogen and oxygen atoms in total. The van der Waals surface area contributed by atoms with Gasteiger partial charge >= 0.3 is 0 Å². The first-order chi connectivity index (χ1) is 10.7. The zero-order chi connectivity index (χ0) is 15.4. The molecule has 22 heavy (non-hydrogen) atoms. The van der Waals surface area contributed by atoms with E-state index in [9.17, 15) is 4.79 Å². The molecule has 1 aliphatic heterocycles. The summed E-state index contributed by atoms with van der Waals surface area (Å²) in [6.07, 6.45) is 6.23. The second kappa shape index (κ2) is 6.32. The van der Waals surface area contributed by atoms with Crippen LogP contribution < -0.4 is 5.32 Å². The molecule has 0 bridgehead atoms. The highest BCUT2D eigenvalue weighted by molar-refractivity contribution is 5.95. The first-order valence-corrected chi connectivity index (χ1v) is 7.57. The van der Waals surface area contributed by atoms with Crippen molar-refractivity contribution in [3.8, 4) is 11.3 Å². The Kier molecular flexibility index (Phi) is 4.24. The molecule has 116 valence electrons. The normalized spacial score (nSPS) is 21.5. The minimum absolute atomic E-state index is 0.100. The average Bonchev–Trinajstić information content (AvgIpc) is 3.08. The van der Waals surface area contributed by atoms with E-state index in [1.165, 1.54) is 6.39 Å². The number of nitrogens with zero attached hydrogens (tertiary/aromatic N) is 1. The summed E-state index contributed by atoms with van der Waals surface area (Å²) in [5, 5.41) is 2.97. The fraction of sp³-hybridized carbons (Fsp3) is 0.412. The van der Waals surface area contributed by atoms with Gasteiger partial charge in [0.15, 0.2) is 12.2 Å². The number of ether oxygens (including phenoxy) is 1. The number of benzene rings is 1. The first kappa shape index (κ1) is 14.8. The minimum atomic E-state index is -0.254. The molecule has 1 aromatic heterocycles. The molecule has 1 atom stereocenters. The summed E-state index contributed by atoms with van der Waals surface area (Å²) in [5.74, 6) is 0.550. The number of amides is 1. The van der Waals surface area contributed by atoms with Gasteiger partial charge in [0, 0.05) is 24.3 Å². The highest BCUT2D eigenvalue weighted by atomic mass is 16.5. The van der Waals surface area contributed by atoms with Crippen LogP contribution in [0, 0.1) is 0 Å². The molecule has 1 amide bonds. The summed E-state index contributed by atoms with van der Waals surface area (Å²) in [7, 11) is 0. The smallest absolute Gasteiger partial charge is 0.251 e. The molecule has 0 spiro atoms. The predicted octanol–water partition coefficient (Wildman–Crippen LogP) is 3.03. The fourth-order valence-corrected chi connectivity index (χ4v) is 2.67. The number of oxazole rings is 1. The van der Waals surface area contributed by atoms with Gasteiger partial charge in [-0.05, 0) is 38.3 Å². The largest absolute Gasteiger partial charge is 0.444 e. The molecule has 1 fully saturated rings. The molecule has 1 aromatic carbocycles. The number of hydrogen-bond donors (Lipinski definition) is 1. The maximum atomic E-state index is 12.3. The van der Waals surface area contributed by atoms with Gasteiger partial charge in [0.2, 0.25) is 0 Å². The van der Waals surface area contributed by atoms with Gasteiger partial charge in [-0.25, -0.2) is 4.98 Å². The Hall–Kier alpha value is -2.14. The lowest BCUT2D eigenvalue weighted by Crippen LogP contribution is -2.44. The van der Waals surface area contributed by atoms with Crippen LogP contribution in [0.3, 0.4) is 0 Å². The molecule has 2 heterocycles. The van der Waals surface area contributed by atoms with Gasteiger partial charge in [-0.2, -0.15) is 0 Å². The third-order valence-electron chi connectivity index (χ3n) is 4.01. The molecule has 2 aromatic rings. The van der Waals surface area contributed by atoms with E-state index in [1.807, 2.05) is 12.1 Å². The molecule has 5 heteroatoms. The Morgan fingerprint density at radius 1 is 1.41 bits per heavy atom. The van der Waals surface area contributed by atoms with Crippen LogP contribution >= 0.6 is 0 Å². The van der Waals surface area contributed by atoms with Gasteiger partial charge in [-0.3, -0.25) is 4.79 Å². The van der Waals surface area contributed by atoms with Crippen LogP contribution in [-0.2, 0) is 4.74 Å². The third kappa shape index (κ3) is 3.36. The van der Waals surface area contributed by atoms with E-state index in [4.69, 9.17) is 9.15 Å². The van der Waals surface area contributed by atoms with E-state index in [0.717, 1.165) is 31.4 Å². The lowest BCUT2D eigenvalue weighted by molar-refractivity contribution is -0.0618. The van der Waals surface area contributed by atoms with Crippen molar-refractivity contribution in [3.05, 3.63) is 42.4 Å². The predicted molar refractivity (Wildman–Crippen MR) is 82.5 cm³/mol. The summed E-state index contributed by atoms with van der Waals surface area (Å²) in [6.45, 7) is 3.35. The Morgan fingerprint density at radius 3 is 3.05 bits per heavy atom. The Morgan fingerprint density at radius 2 is 2.32 bits per heavy atom. The summed E-state index contributed by atoms with van der Waals surface area (Å²) in [6, 6.07) is 7.33. The summed E-state index contributed by atoms with van der Waals surface area (Å²) >= 11 is 0. The van der Waals surface area contributed by atoms with Crippen LogP contribution in [0.2, 0.25) is 0 Å². The number of rotatable bonds is 4. The number of hydrogen-bond acceptors (Lipinski definition) is 4. The molecule has 1 unspecified atom stereocenters. The van der Waals surface area contributed by atoms with Gasteiger partial charge in [0.25, 0.3) is 5.91 Å². The van der Waals surface area contributed by atoms with Gasteiger partial charge < -0.3 is 14.5 Å². The average molecular weight is 300 g/mol. The summed E-state index contributed by atoms with van der Waals surface area (Å²) in [4.78, 5) is 16.2. The molecule has 0 radical (unpaired) electrons. The number of aromatic nitrogens is 1. The van der Waals surface area contributed by atoms with Gasteiger partial charge in [-0.1, -0.05) is 12.1 Å². The second-order valence-corrected chi connectivity index (χ2v) is 5.88. The lowest BCUT2D eigenvalue weighted by Gasteiger charge is -2.33. The van der Waals surface area contributed by atoms with Crippen LogP contribution in [-0.4, -0.2) is 29.6 Å². The molecular weight excluding hydrogens is 280 g/mol. The highest BCUT2D eigenvalue weighted by Crippen LogP contribution is 2.24. The van der Waals surface area contributed by atoms with Crippen LogP contribution in [0.15, 0.2) is 41.3 Å². The maximum Gasteiger partial charge on any atom is 0.251 e. The van der Waals surface area contributed by atoms with Crippen molar-refractivity contribution >= 4 is 5.91 Å². The molecular formula is C17H20N2O3. The zero-order valence-electron chi connectivity index (χ0n) is 12.7.